The molecule has 2 aromatic rings. The van der Waals surface area contributed by atoms with E-state index in [9.17, 15) is 19.7 Å². The number of nitrogens with one attached hydrogen (secondary N) is 2. The lowest BCUT2D eigenvalue weighted by Gasteiger charge is -2.06. The number of rotatable bonds is 6. The van der Waals surface area contributed by atoms with Crippen molar-refractivity contribution in [2.24, 2.45) is 11.7 Å². The molecular weight excluding hydrogens is 362 g/mol. The van der Waals surface area contributed by atoms with Crippen molar-refractivity contribution < 1.29 is 29.5 Å². The number of ether oxygens (including phenoxy) is 1. The molecule has 8 N–H and O–H groups in total. The van der Waals surface area contributed by atoms with Crippen LogP contribution in [-0.4, -0.2) is 34.2 Å². The molecule has 0 atom stereocenters. The van der Waals surface area contributed by atoms with E-state index in [4.69, 9.17) is 26.6 Å². The van der Waals surface area contributed by atoms with Gasteiger partial charge in [-0.05, 0) is 24.3 Å². The molecule has 144 valence electrons. The van der Waals surface area contributed by atoms with Crippen molar-refractivity contribution >= 4 is 29.0 Å². The van der Waals surface area contributed by atoms with E-state index in [2.05, 4.69) is 10.9 Å². The number of nitrogen functional groups attached to an aromatic ring is 2. The van der Waals surface area contributed by atoms with Crippen molar-refractivity contribution in [1.82, 2.24) is 0 Å². The largest absolute Gasteiger partial charge is 0.497 e. The van der Waals surface area contributed by atoms with Gasteiger partial charge in [0.25, 0.3) is 5.69 Å². The van der Waals surface area contributed by atoms with Gasteiger partial charge in [-0.25, -0.2) is 9.59 Å². The predicted octanol–water partition coefficient (Wildman–Crippen LogP) is 1.26. The van der Waals surface area contributed by atoms with Crippen LogP contribution < -0.4 is 27.3 Å². The maximum atomic E-state index is 10.7. The fourth-order valence-electron chi connectivity index (χ4n) is 1.90. The van der Waals surface area contributed by atoms with Gasteiger partial charge in [-0.15, -0.1) is 0 Å². The monoisotopic (exact) mass is 379 g/mol. The molecule has 0 saturated heterocycles. The highest BCUT2D eigenvalue weighted by Gasteiger charge is 2.14. The quantitative estimate of drug-likeness (QED) is 0.239. The number of carboxylic acid groups (broad SMARTS) is 2. The first-order valence-electron chi connectivity index (χ1n) is 7.11. The predicted molar refractivity (Wildman–Crippen MR) is 95.6 cm³/mol. The molecule has 0 heterocycles. The van der Waals surface area contributed by atoms with Crippen LogP contribution in [0.5, 0.6) is 5.75 Å². The fourth-order valence-corrected chi connectivity index (χ4v) is 1.90. The summed E-state index contributed by atoms with van der Waals surface area (Å²) >= 11 is 0. The number of non-ortho nitro benzene ring substituents is 1. The molecule has 0 aromatic heterocycles. The van der Waals surface area contributed by atoms with E-state index in [-0.39, 0.29) is 22.5 Å². The van der Waals surface area contributed by atoms with E-state index in [0.29, 0.717) is 11.4 Å². The van der Waals surface area contributed by atoms with Crippen molar-refractivity contribution in [3.05, 3.63) is 57.6 Å². The number of aromatic carboxylic acids is 2. The zero-order valence-electron chi connectivity index (χ0n) is 14.0. The number of hydrogen-bond donors (Lipinski definition) is 6. The van der Waals surface area contributed by atoms with Gasteiger partial charge in [0.05, 0.1) is 34.5 Å². The normalized spacial score (nSPS) is 9.44. The zero-order valence-corrected chi connectivity index (χ0v) is 14.0. The second kappa shape index (κ2) is 9.55. The second-order valence-corrected chi connectivity index (χ2v) is 4.80. The summed E-state index contributed by atoms with van der Waals surface area (Å²) in [5.41, 5.74) is 4.49. The number of nitrogens with zero attached hydrogens (tertiary/aromatic N) is 1. The molecule has 2 rings (SSSR count). The van der Waals surface area contributed by atoms with Gasteiger partial charge in [0, 0.05) is 12.1 Å². The number of anilines is 2. The number of nitro groups is 1. The third kappa shape index (κ3) is 5.55. The third-order valence-electron chi connectivity index (χ3n) is 3.21. The molecule has 0 amide bonds. The van der Waals surface area contributed by atoms with Crippen molar-refractivity contribution in [2.45, 2.75) is 0 Å². The first-order chi connectivity index (χ1) is 12.7. The number of carboxylic acids is 2. The lowest BCUT2D eigenvalue weighted by Crippen LogP contribution is -2.12. The van der Waals surface area contributed by atoms with E-state index in [0.717, 1.165) is 18.2 Å². The van der Waals surface area contributed by atoms with Crippen LogP contribution in [0.15, 0.2) is 36.4 Å². The minimum absolute atomic E-state index is 0.00620. The Morgan fingerprint density at radius 1 is 1.00 bits per heavy atom. The van der Waals surface area contributed by atoms with Crippen molar-refractivity contribution in [3.8, 4) is 5.75 Å². The Balaban J connectivity index is 0.000000271. The molecule has 2 aromatic carbocycles. The molecule has 0 fully saturated rings. The Bertz CT molecular complexity index is 856. The summed E-state index contributed by atoms with van der Waals surface area (Å²) in [5, 5.41) is 27.8. The van der Waals surface area contributed by atoms with Gasteiger partial charge in [0.2, 0.25) is 0 Å². The Kier molecular flexibility index (Phi) is 7.48. The summed E-state index contributed by atoms with van der Waals surface area (Å²) in [4.78, 5) is 31.0. The minimum Gasteiger partial charge on any atom is -0.497 e. The number of hydrogen-bond acceptors (Lipinski definition) is 9. The van der Waals surface area contributed by atoms with Crippen LogP contribution in [0.25, 0.3) is 0 Å². The highest BCUT2D eigenvalue weighted by molar-refractivity contribution is 5.95. The summed E-state index contributed by atoms with van der Waals surface area (Å²) < 4.78 is 4.87. The Morgan fingerprint density at radius 3 is 2.04 bits per heavy atom. The van der Waals surface area contributed by atoms with E-state index in [1.165, 1.54) is 13.2 Å². The van der Waals surface area contributed by atoms with Crippen LogP contribution in [0.3, 0.4) is 0 Å². The van der Waals surface area contributed by atoms with Crippen LogP contribution >= 0.6 is 0 Å². The van der Waals surface area contributed by atoms with Crippen molar-refractivity contribution in [3.63, 3.8) is 0 Å². The molecule has 0 aliphatic heterocycles. The SMILES string of the molecule is COc1ccc(NN)c(C(=O)O)c1.NNc1cc([N+](=O)[O-])ccc1C(=O)O. The minimum atomic E-state index is -1.20. The lowest BCUT2D eigenvalue weighted by molar-refractivity contribution is -0.384. The van der Waals surface area contributed by atoms with Gasteiger partial charge in [0.15, 0.2) is 0 Å². The molecule has 0 unspecified atom stereocenters. The molecule has 0 radical (unpaired) electrons. The molecule has 0 aliphatic carbocycles. The molecule has 0 saturated carbocycles. The Hall–Kier alpha value is -3.90. The van der Waals surface area contributed by atoms with Crippen LogP contribution in [0.4, 0.5) is 17.1 Å². The topological polar surface area (TPSA) is 203 Å². The number of carbonyl (C=O) groups is 2. The molecular formula is C15H17N5O7. The molecule has 12 nitrogen and oxygen atoms in total. The first-order valence-corrected chi connectivity index (χ1v) is 7.11. The van der Waals surface area contributed by atoms with Crippen molar-refractivity contribution in [1.29, 1.82) is 0 Å². The number of benzene rings is 2. The average molecular weight is 379 g/mol. The molecule has 0 aliphatic rings. The molecule has 12 heteroatoms. The maximum Gasteiger partial charge on any atom is 0.337 e. The maximum absolute atomic E-state index is 10.7. The van der Waals surface area contributed by atoms with E-state index in [1.807, 2.05) is 0 Å². The summed E-state index contributed by atoms with van der Waals surface area (Å²) in [5.74, 6) is 8.38. The summed E-state index contributed by atoms with van der Waals surface area (Å²) in [6.45, 7) is 0. The smallest absolute Gasteiger partial charge is 0.337 e. The van der Waals surface area contributed by atoms with Crippen LogP contribution in [0.2, 0.25) is 0 Å². The highest BCUT2D eigenvalue weighted by atomic mass is 16.6. The summed E-state index contributed by atoms with van der Waals surface area (Å²) in [7, 11) is 1.47. The van der Waals surface area contributed by atoms with Gasteiger partial charge in [-0.2, -0.15) is 0 Å². The van der Waals surface area contributed by atoms with Gasteiger partial charge in [-0.1, -0.05) is 0 Å². The van der Waals surface area contributed by atoms with Gasteiger partial charge >= 0.3 is 11.9 Å². The number of hydrazine groups is 2. The average Bonchev–Trinajstić information content (AvgIpc) is 2.67. The van der Waals surface area contributed by atoms with Crippen LogP contribution in [-0.2, 0) is 0 Å². The number of methoxy groups -OCH3 is 1. The van der Waals surface area contributed by atoms with E-state index >= 15 is 0 Å². The van der Waals surface area contributed by atoms with Crippen molar-refractivity contribution in [2.75, 3.05) is 18.0 Å². The van der Waals surface area contributed by atoms with Gasteiger partial charge in [0.1, 0.15) is 5.75 Å². The van der Waals surface area contributed by atoms with Gasteiger partial charge in [-0.3, -0.25) is 21.8 Å². The van der Waals surface area contributed by atoms with Crippen LogP contribution in [0, 0.1) is 10.1 Å². The zero-order chi connectivity index (χ0) is 20.6. The van der Waals surface area contributed by atoms with Gasteiger partial charge < -0.3 is 25.8 Å². The fraction of sp³-hybridized carbons (Fsp3) is 0.0667. The second-order valence-electron chi connectivity index (χ2n) is 4.80. The third-order valence-corrected chi connectivity index (χ3v) is 3.21. The number of nitrogens with two attached hydrogens (primary N) is 2. The Labute approximate surface area is 152 Å². The highest BCUT2D eigenvalue weighted by Crippen LogP contribution is 2.22. The number of nitro benzene ring substituents is 1. The standard InChI is InChI=1S/C8H10N2O3.C7H7N3O4/c1-13-5-2-3-7(10-9)6(4-5)8(11)12;8-9-6-3-4(10(13)14)1-2-5(6)7(11)12/h2-4,10H,9H2,1H3,(H,11,12);1-3,9H,8H2,(H,11,12). The molecule has 27 heavy (non-hydrogen) atoms. The first kappa shape index (κ1) is 21.1. The van der Waals surface area contributed by atoms with E-state index < -0.39 is 16.9 Å². The summed E-state index contributed by atoms with van der Waals surface area (Å²) in [6.07, 6.45) is 0. The summed E-state index contributed by atoms with van der Waals surface area (Å²) in [6, 6.07) is 7.85. The Morgan fingerprint density at radius 2 is 1.59 bits per heavy atom. The molecule has 0 spiro atoms. The van der Waals surface area contributed by atoms with Crippen LogP contribution in [0.1, 0.15) is 20.7 Å². The lowest BCUT2D eigenvalue weighted by atomic mass is 10.1. The van der Waals surface area contributed by atoms with E-state index in [1.54, 1.807) is 12.1 Å². The molecule has 0 bridgehead atoms.